The highest BCUT2D eigenvalue weighted by atomic mass is 16.5. The Labute approximate surface area is 96.0 Å². The van der Waals surface area contributed by atoms with Crippen LogP contribution in [-0.2, 0) is 4.79 Å². The average Bonchev–Trinajstić information content (AvgIpc) is 2.29. The third-order valence-corrected chi connectivity index (χ3v) is 2.33. The molecule has 1 amide bonds. The Morgan fingerprint density at radius 2 is 2.00 bits per heavy atom. The summed E-state index contributed by atoms with van der Waals surface area (Å²) >= 11 is 0. The SMILES string of the molecule is CNCC(=O)NC(C)c1ccc(OC)cc1. The number of ether oxygens (including phenoxy) is 1. The molecular weight excluding hydrogens is 204 g/mol. The van der Waals surface area contributed by atoms with Crippen molar-refractivity contribution < 1.29 is 9.53 Å². The molecule has 0 radical (unpaired) electrons. The molecule has 1 unspecified atom stereocenters. The van der Waals surface area contributed by atoms with E-state index in [2.05, 4.69) is 10.6 Å². The Bertz CT molecular complexity index is 335. The topological polar surface area (TPSA) is 50.4 Å². The molecule has 2 N–H and O–H groups in total. The Morgan fingerprint density at radius 1 is 1.38 bits per heavy atom. The molecule has 0 heterocycles. The zero-order valence-electron chi connectivity index (χ0n) is 9.91. The molecule has 1 aromatic carbocycles. The fraction of sp³-hybridized carbons (Fsp3) is 0.417. The third kappa shape index (κ3) is 3.55. The van der Waals surface area contributed by atoms with Gasteiger partial charge in [-0.2, -0.15) is 0 Å². The number of amides is 1. The summed E-state index contributed by atoms with van der Waals surface area (Å²) in [5.74, 6) is 0.809. The van der Waals surface area contributed by atoms with Crippen LogP contribution in [0.4, 0.5) is 0 Å². The first kappa shape index (κ1) is 12.5. The van der Waals surface area contributed by atoms with E-state index in [1.54, 1.807) is 14.2 Å². The monoisotopic (exact) mass is 222 g/mol. The standard InChI is InChI=1S/C12H18N2O2/c1-9(14-12(15)8-13-2)10-4-6-11(16-3)7-5-10/h4-7,9,13H,8H2,1-3H3,(H,14,15). The van der Waals surface area contributed by atoms with E-state index in [1.807, 2.05) is 31.2 Å². The van der Waals surface area contributed by atoms with E-state index in [1.165, 1.54) is 0 Å². The molecule has 4 heteroatoms. The third-order valence-electron chi connectivity index (χ3n) is 2.33. The lowest BCUT2D eigenvalue weighted by Crippen LogP contribution is -2.33. The summed E-state index contributed by atoms with van der Waals surface area (Å²) < 4.78 is 5.07. The fourth-order valence-corrected chi connectivity index (χ4v) is 1.43. The van der Waals surface area contributed by atoms with Crippen LogP contribution in [0.2, 0.25) is 0 Å². The van der Waals surface area contributed by atoms with E-state index in [9.17, 15) is 4.79 Å². The summed E-state index contributed by atoms with van der Waals surface area (Å²) in [6.07, 6.45) is 0. The molecule has 0 saturated carbocycles. The van der Waals surface area contributed by atoms with Crippen molar-refractivity contribution in [2.75, 3.05) is 20.7 Å². The number of methoxy groups -OCH3 is 1. The van der Waals surface area contributed by atoms with Crippen LogP contribution in [-0.4, -0.2) is 26.6 Å². The highest BCUT2D eigenvalue weighted by Crippen LogP contribution is 2.16. The molecule has 0 aliphatic rings. The Morgan fingerprint density at radius 3 is 2.50 bits per heavy atom. The van der Waals surface area contributed by atoms with Crippen LogP contribution in [0, 0.1) is 0 Å². The van der Waals surface area contributed by atoms with Gasteiger partial charge in [-0.05, 0) is 31.7 Å². The number of nitrogens with one attached hydrogen (secondary N) is 2. The number of hydrogen-bond donors (Lipinski definition) is 2. The molecule has 0 fully saturated rings. The number of likely N-dealkylation sites (N-methyl/N-ethyl adjacent to an activating group) is 1. The smallest absolute Gasteiger partial charge is 0.234 e. The molecule has 0 aromatic heterocycles. The summed E-state index contributed by atoms with van der Waals surface area (Å²) in [5, 5.41) is 5.70. The highest BCUT2D eigenvalue weighted by Gasteiger charge is 2.08. The van der Waals surface area contributed by atoms with Crippen LogP contribution in [0.25, 0.3) is 0 Å². The molecule has 4 nitrogen and oxygen atoms in total. The molecule has 1 aromatic rings. The lowest BCUT2D eigenvalue weighted by Gasteiger charge is -2.14. The molecular formula is C12H18N2O2. The van der Waals surface area contributed by atoms with Gasteiger partial charge in [0.15, 0.2) is 0 Å². The fourth-order valence-electron chi connectivity index (χ4n) is 1.43. The first-order chi connectivity index (χ1) is 7.67. The second-order valence-corrected chi connectivity index (χ2v) is 3.59. The van der Waals surface area contributed by atoms with Crippen LogP contribution in [0.1, 0.15) is 18.5 Å². The molecule has 16 heavy (non-hydrogen) atoms. The Kier molecular flexibility index (Phi) is 4.79. The lowest BCUT2D eigenvalue weighted by molar-refractivity contribution is -0.120. The number of hydrogen-bond acceptors (Lipinski definition) is 3. The van der Waals surface area contributed by atoms with Gasteiger partial charge in [0.05, 0.1) is 19.7 Å². The maximum absolute atomic E-state index is 11.4. The van der Waals surface area contributed by atoms with Crippen molar-refractivity contribution in [3.05, 3.63) is 29.8 Å². The van der Waals surface area contributed by atoms with Gasteiger partial charge in [-0.1, -0.05) is 12.1 Å². The molecule has 1 rings (SSSR count). The van der Waals surface area contributed by atoms with Crippen molar-refractivity contribution in [2.45, 2.75) is 13.0 Å². The minimum Gasteiger partial charge on any atom is -0.497 e. The van der Waals surface area contributed by atoms with E-state index in [4.69, 9.17) is 4.74 Å². The van der Waals surface area contributed by atoms with Gasteiger partial charge in [-0.3, -0.25) is 4.79 Å². The van der Waals surface area contributed by atoms with Crippen LogP contribution in [0.5, 0.6) is 5.75 Å². The molecule has 0 spiro atoms. The van der Waals surface area contributed by atoms with E-state index < -0.39 is 0 Å². The predicted octanol–water partition coefficient (Wildman–Crippen LogP) is 1.09. The number of carbonyl (C=O) groups excluding carboxylic acids is 1. The van der Waals surface area contributed by atoms with Gasteiger partial charge in [0.1, 0.15) is 5.75 Å². The van der Waals surface area contributed by atoms with Crippen molar-refractivity contribution in [1.82, 2.24) is 10.6 Å². The number of carbonyl (C=O) groups is 1. The molecule has 0 saturated heterocycles. The molecule has 0 aliphatic carbocycles. The lowest BCUT2D eigenvalue weighted by atomic mass is 10.1. The second kappa shape index (κ2) is 6.12. The normalized spacial score (nSPS) is 11.9. The van der Waals surface area contributed by atoms with Crippen LogP contribution in [0.3, 0.4) is 0 Å². The quantitative estimate of drug-likeness (QED) is 0.784. The average molecular weight is 222 g/mol. The van der Waals surface area contributed by atoms with Gasteiger partial charge in [0.2, 0.25) is 5.91 Å². The largest absolute Gasteiger partial charge is 0.497 e. The number of benzene rings is 1. The first-order valence-electron chi connectivity index (χ1n) is 5.25. The van der Waals surface area contributed by atoms with Crippen molar-refractivity contribution in [2.24, 2.45) is 0 Å². The predicted molar refractivity (Wildman–Crippen MR) is 63.5 cm³/mol. The molecule has 1 atom stereocenters. The minimum absolute atomic E-state index is 0.00626. The highest BCUT2D eigenvalue weighted by molar-refractivity contribution is 5.78. The van der Waals surface area contributed by atoms with E-state index >= 15 is 0 Å². The van der Waals surface area contributed by atoms with E-state index in [-0.39, 0.29) is 11.9 Å². The molecule has 0 aliphatic heterocycles. The molecule has 88 valence electrons. The van der Waals surface area contributed by atoms with Gasteiger partial charge >= 0.3 is 0 Å². The van der Waals surface area contributed by atoms with Gasteiger partial charge in [0.25, 0.3) is 0 Å². The summed E-state index contributed by atoms with van der Waals surface area (Å²) in [5.41, 5.74) is 1.06. The van der Waals surface area contributed by atoms with E-state index in [0.717, 1.165) is 11.3 Å². The Balaban J connectivity index is 2.58. The van der Waals surface area contributed by atoms with Crippen molar-refractivity contribution in [3.63, 3.8) is 0 Å². The molecule has 0 bridgehead atoms. The minimum atomic E-state index is -0.00850. The maximum atomic E-state index is 11.4. The van der Waals surface area contributed by atoms with Gasteiger partial charge in [-0.15, -0.1) is 0 Å². The van der Waals surface area contributed by atoms with Crippen LogP contribution >= 0.6 is 0 Å². The van der Waals surface area contributed by atoms with E-state index in [0.29, 0.717) is 6.54 Å². The van der Waals surface area contributed by atoms with Gasteiger partial charge in [0, 0.05) is 0 Å². The maximum Gasteiger partial charge on any atom is 0.234 e. The van der Waals surface area contributed by atoms with Crippen molar-refractivity contribution in [3.8, 4) is 5.75 Å². The first-order valence-corrected chi connectivity index (χ1v) is 5.25. The second-order valence-electron chi connectivity index (χ2n) is 3.59. The number of rotatable bonds is 5. The van der Waals surface area contributed by atoms with Crippen molar-refractivity contribution >= 4 is 5.91 Å². The van der Waals surface area contributed by atoms with Gasteiger partial charge < -0.3 is 15.4 Å². The van der Waals surface area contributed by atoms with Crippen LogP contribution < -0.4 is 15.4 Å². The summed E-state index contributed by atoms with van der Waals surface area (Å²) in [6.45, 7) is 2.29. The summed E-state index contributed by atoms with van der Waals surface area (Å²) in [6, 6.07) is 7.67. The van der Waals surface area contributed by atoms with Gasteiger partial charge in [-0.25, -0.2) is 0 Å². The van der Waals surface area contributed by atoms with Crippen LogP contribution in [0.15, 0.2) is 24.3 Å². The summed E-state index contributed by atoms with van der Waals surface area (Å²) in [7, 11) is 3.38. The van der Waals surface area contributed by atoms with Crippen molar-refractivity contribution in [1.29, 1.82) is 0 Å². The zero-order chi connectivity index (χ0) is 12.0. The summed E-state index contributed by atoms with van der Waals surface area (Å²) in [4.78, 5) is 11.4. The Hall–Kier alpha value is -1.55. The zero-order valence-corrected chi connectivity index (χ0v) is 9.91.